The van der Waals surface area contributed by atoms with Crippen molar-refractivity contribution in [2.45, 2.75) is 25.7 Å². The molecule has 1 N–H and O–H groups in total. The molecule has 1 aliphatic heterocycles. The Morgan fingerprint density at radius 3 is 3.07 bits per heavy atom. The van der Waals surface area contributed by atoms with Gasteiger partial charge in [-0.05, 0) is 24.9 Å². The maximum atomic E-state index is 4.24. The van der Waals surface area contributed by atoms with E-state index in [0.29, 0.717) is 5.92 Å². The topological polar surface area (TPSA) is 29.9 Å². The fourth-order valence-corrected chi connectivity index (χ4v) is 2.50. The molecule has 78 valence electrons. The zero-order valence-corrected chi connectivity index (χ0v) is 9.03. The maximum Gasteiger partial charge on any atom is 0.0492 e. The van der Waals surface area contributed by atoms with Crippen LogP contribution in [-0.4, -0.2) is 22.9 Å². The molecule has 3 heteroatoms. The van der Waals surface area contributed by atoms with Crippen LogP contribution in [0.15, 0.2) is 12.3 Å². The summed E-state index contributed by atoms with van der Waals surface area (Å²) >= 11 is 0. The molecule has 2 rings (SSSR count). The number of rotatable bonds is 3. The molecule has 2 heterocycles. The summed E-state index contributed by atoms with van der Waals surface area (Å²) in [6, 6.07) is 2.15. The summed E-state index contributed by atoms with van der Waals surface area (Å²) in [4.78, 5) is 0. The monoisotopic (exact) mass is 193 g/mol. The summed E-state index contributed by atoms with van der Waals surface area (Å²) < 4.78 is 2.01. The molecule has 0 radical (unpaired) electrons. The van der Waals surface area contributed by atoms with Crippen LogP contribution in [0, 0.1) is 5.92 Å². The zero-order valence-electron chi connectivity index (χ0n) is 9.03. The Labute approximate surface area is 85.5 Å². The summed E-state index contributed by atoms with van der Waals surface area (Å²) in [6.45, 7) is 4.55. The Hall–Kier alpha value is -0.830. The second-order valence-electron chi connectivity index (χ2n) is 4.19. The average molecular weight is 193 g/mol. The van der Waals surface area contributed by atoms with E-state index in [1.54, 1.807) is 0 Å². The summed E-state index contributed by atoms with van der Waals surface area (Å²) in [6.07, 6.45) is 4.50. The highest BCUT2D eigenvalue weighted by Gasteiger charge is 2.29. The van der Waals surface area contributed by atoms with Crippen molar-refractivity contribution in [3.05, 3.63) is 18.0 Å². The third-order valence-electron chi connectivity index (χ3n) is 3.24. The fourth-order valence-electron chi connectivity index (χ4n) is 2.50. The average Bonchev–Trinajstić information content (AvgIpc) is 2.74. The summed E-state index contributed by atoms with van der Waals surface area (Å²) in [5.41, 5.74) is 1.38. The molecule has 3 nitrogen and oxygen atoms in total. The predicted octanol–water partition coefficient (Wildman–Crippen LogP) is 1.52. The van der Waals surface area contributed by atoms with Crippen molar-refractivity contribution in [1.82, 2.24) is 15.1 Å². The molecule has 0 bridgehead atoms. The first-order chi connectivity index (χ1) is 6.83. The standard InChI is InChI=1S/C11H19N3/c1-3-4-9-7-12-8-10(9)11-5-6-13-14(11)2/h5-6,9-10,12H,3-4,7-8H2,1-2H3/t9-,10-/m0/s1. The van der Waals surface area contributed by atoms with Crippen molar-refractivity contribution >= 4 is 0 Å². The molecule has 14 heavy (non-hydrogen) atoms. The van der Waals surface area contributed by atoms with Gasteiger partial charge in [0.2, 0.25) is 0 Å². The van der Waals surface area contributed by atoms with Crippen LogP contribution < -0.4 is 5.32 Å². The highest BCUT2D eigenvalue weighted by molar-refractivity contribution is 5.12. The van der Waals surface area contributed by atoms with Gasteiger partial charge in [0, 0.05) is 31.4 Å². The molecule has 0 spiro atoms. The van der Waals surface area contributed by atoms with Crippen molar-refractivity contribution in [3.8, 4) is 0 Å². The second-order valence-corrected chi connectivity index (χ2v) is 4.19. The van der Waals surface area contributed by atoms with Gasteiger partial charge in [0.1, 0.15) is 0 Å². The van der Waals surface area contributed by atoms with Gasteiger partial charge in [0.25, 0.3) is 0 Å². The van der Waals surface area contributed by atoms with Gasteiger partial charge in [-0.25, -0.2) is 0 Å². The lowest BCUT2D eigenvalue weighted by Gasteiger charge is -2.17. The van der Waals surface area contributed by atoms with Crippen molar-refractivity contribution in [2.75, 3.05) is 13.1 Å². The van der Waals surface area contributed by atoms with E-state index < -0.39 is 0 Å². The molecule has 1 fully saturated rings. The van der Waals surface area contributed by atoms with Crippen LogP contribution >= 0.6 is 0 Å². The van der Waals surface area contributed by atoms with Crippen molar-refractivity contribution in [3.63, 3.8) is 0 Å². The highest BCUT2D eigenvalue weighted by atomic mass is 15.3. The Morgan fingerprint density at radius 1 is 1.57 bits per heavy atom. The molecule has 1 aromatic heterocycles. The Balaban J connectivity index is 2.13. The number of hydrogen-bond donors (Lipinski definition) is 1. The number of aromatic nitrogens is 2. The lowest BCUT2D eigenvalue weighted by Crippen LogP contribution is -2.14. The number of hydrogen-bond acceptors (Lipinski definition) is 2. The van der Waals surface area contributed by atoms with Crippen LogP contribution in [0.4, 0.5) is 0 Å². The number of aryl methyl sites for hydroxylation is 1. The summed E-state index contributed by atoms with van der Waals surface area (Å²) in [7, 11) is 2.04. The first-order valence-corrected chi connectivity index (χ1v) is 5.51. The van der Waals surface area contributed by atoms with Gasteiger partial charge in [-0.2, -0.15) is 5.10 Å². The largest absolute Gasteiger partial charge is 0.316 e. The molecule has 0 unspecified atom stereocenters. The Bertz CT molecular complexity index is 292. The van der Waals surface area contributed by atoms with Crippen molar-refractivity contribution in [1.29, 1.82) is 0 Å². The van der Waals surface area contributed by atoms with Gasteiger partial charge in [-0.3, -0.25) is 4.68 Å². The molecule has 0 amide bonds. The molecule has 0 aromatic carbocycles. The van der Waals surface area contributed by atoms with E-state index in [9.17, 15) is 0 Å². The van der Waals surface area contributed by atoms with Crippen LogP contribution in [-0.2, 0) is 7.05 Å². The van der Waals surface area contributed by atoms with Crippen LogP contribution in [0.25, 0.3) is 0 Å². The van der Waals surface area contributed by atoms with Gasteiger partial charge >= 0.3 is 0 Å². The maximum absolute atomic E-state index is 4.24. The van der Waals surface area contributed by atoms with Gasteiger partial charge < -0.3 is 5.32 Å². The van der Waals surface area contributed by atoms with E-state index in [4.69, 9.17) is 0 Å². The minimum Gasteiger partial charge on any atom is -0.316 e. The van der Waals surface area contributed by atoms with Crippen LogP contribution in [0.1, 0.15) is 31.4 Å². The van der Waals surface area contributed by atoms with E-state index in [2.05, 4.69) is 23.4 Å². The van der Waals surface area contributed by atoms with E-state index in [-0.39, 0.29) is 0 Å². The molecular formula is C11H19N3. The van der Waals surface area contributed by atoms with Crippen molar-refractivity contribution in [2.24, 2.45) is 13.0 Å². The molecule has 1 saturated heterocycles. The molecule has 2 atom stereocenters. The third-order valence-corrected chi connectivity index (χ3v) is 3.24. The van der Waals surface area contributed by atoms with Gasteiger partial charge in [-0.15, -0.1) is 0 Å². The quantitative estimate of drug-likeness (QED) is 0.789. The van der Waals surface area contributed by atoms with E-state index in [1.807, 2.05) is 17.9 Å². The van der Waals surface area contributed by atoms with Crippen LogP contribution in [0.5, 0.6) is 0 Å². The van der Waals surface area contributed by atoms with E-state index in [0.717, 1.165) is 12.5 Å². The first-order valence-electron chi connectivity index (χ1n) is 5.51. The van der Waals surface area contributed by atoms with E-state index in [1.165, 1.54) is 25.1 Å². The van der Waals surface area contributed by atoms with Crippen molar-refractivity contribution < 1.29 is 0 Å². The molecule has 1 aromatic rings. The highest BCUT2D eigenvalue weighted by Crippen LogP contribution is 2.30. The Kier molecular flexibility index (Phi) is 2.87. The minimum absolute atomic E-state index is 0.669. The number of nitrogens with zero attached hydrogens (tertiary/aromatic N) is 2. The molecule has 0 saturated carbocycles. The summed E-state index contributed by atoms with van der Waals surface area (Å²) in [5, 5.41) is 7.73. The summed E-state index contributed by atoms with van der Waals surface area (Å²) in [5.74, 6) is 1.47. The predicted molar refractivity (Wildman–Crippen MR) is 57.2 cm³/mol. The smallest absolute Gasteiger partial charge is 0.0492 e. The zero-order chi connectivity index (χ0) is 9.97. The Morgan fingerprint density at radius 2 is 2.43 bits per heavy atom. The first kappa shape index (κ1) is 9.71. The van der Waals surface area contributed by atoms with Gasteiger partial charge in [0.15, 0.2) is 0 Å². The number of nitrogens with one attached hydrogen (secondary N) is 1. The van der Waals surface area contributed by atoms with Crippen LogP contribution in [0.3, 0.4) is 0 Å². The fraction of sp³-hybridized carbons (Fsp3) is 0.727. The molecule has 1 aliphatic rings. The lowest BCUT2D eigenvalue weighted by atomic mass is 9.89. The van der Waals surface area contributed by atoms with E-state index >= 15 is 0 Å². The lowest BCUT2D eigenvalue weighted by molar-refractivity contribution is 0.453. The molecule has 0 aliphatic carbocycles. The normalized spacial score (nSPS) is 27.0. The minimum atomic E-state index is 0.669. The van der Waals surface area contributed by atoms with Gasteiger partial charge in [-0.1, -0.05) is 13.3 Å². The third kappa shape index (κ3) is 1.69. The van der Waals surface area contributed by atoms with Gasteiger partial charge in [0.05, 0.1) is 0 Å². The van der Waals surface area contributed by atoms with Crippen LogP contribution in [0.2, 0.25) is 0 Å². The second kappa shape index (κ2) is 4.13. The molecular weight excluding hydrogens is 174 g/mol. The SMILES string of the molecule is CCC[C@H]1CNC[C@@H]1c1ccnn1C.